The number of hydrogen-bond donors (Lipinski definition) is 2. The van der Waals surface area contributed by atoms with Gasteiger partial charge in [0.2, 0.25) is 0 Å². The molecule has 0 saturated carbocycles. The topological polar surface area (TPSA) is 32.3 Å². The maximum Gasteiger partial charge on any atom is 0.0814 e. The minimum Gasteiger partial charge on any atom is -0.390 e. The number of aliphatic hydroxyl groups excluding tert-OH is 1. The van der Waals surface area contributed by atoms with Gasteiger partial charge in [-0.1, -0.05) is 0 Å². The molecule has 0 aromatic carbocycles. The lowest BCUT2D eigenvalue weighted by Crippen LogP contribution is -2.55. The van der Waals surface area contributed by atoms with Gasteiger partial charge in [-0.05, 0) is 6.92 Å². The number of nitrogens with one attached hydrogen (secondary N) is 1. The van der Waals surface area contributed by atoms with E-state index in [1.165, 1.54) is 0 Å². The van der Waals surface area contributed by atoms with Gasteiger partial charge in [-0.15, -0.1) is 0 Å². The molecule has 0 amide bonds. The molecule has 1 saturated heterocycles. The van der Waals surface area contributed by atoms with Crippen molar-refractivity contribution < 1.29 is 5.11 Å². The number of β-amino-alcohol motifs (C(OH)–C–C–N with tert-alkyl or cyclic N) is 1. The number of hydrogen-bond acceptors (Lipinski definition) is 2. The molecule has 36 valence electrons. The van der Waals surface area contributed by atoms with Crippen LogP contribution in [0.2, 0.25) is 0 Å². The Hall–Kier alpha value is -0.0800. The summed E-state index contributed by atoms with van der Waals surface area (Å²) in [4.78, 5) is 0. The Labute approximate surface area is 37.2 Å². The van der Waals surface area contributed by atoms with Gasteiger partial charge in [0.05, 0.1) is 6.10 Å². The summed E-state index contributed by atoms with van der Waals surface area (Å²) in [6.07, 6.45) is -0.0787. The smallest absolute Gasteiger partial charge is 0.0814 e. The summed E-state index contributed by atoms with van der Waals surface area (Å²) >= 11 is 0. The maximum absolute atomic E-state index is 8.65. The third kappa shape index (κ3) is 0.420. The van der Waals surface area contributed by atoms with Crippen LogP contribution in [0.15, 0.2) is 0 Å². The summed E-state index contributed by atoms with van der Waals surface area (Å²) in [7, 11) is 0. The molecule has 2 nitrogen and oxygen atoms in total. The molecule has 0 spiro atoms. The van der Waals surface area contributed by atoms with E-state index in [9.17, 15) is 0 Å². The maximum atomic E-state index is 8.65. The highest BCUT2D eigenvalue weighted by molar-refractivity contribution is 4.82. The average molecular weight is 87.1 g/mol. The molecule has 0 radical (unpaired) electrons. The standard InChI is InChI=1S/C4H9NO/c1-3-4(6)2-5-3/h3-6H,2H2,1H3/t3-,4+/m1/s1. The summed E-state index contributed by atoms with van der Waals surface area (Å²) in [5, 5.41) is 11.7. The van der Waals surface area contributed by atoms with Crippen LogP contribution in [0.3, 0.4) is 0 Å². The monoisotopic (exact) mass is 87.1 g/mol. The third-order valence-corrected chi connectivity index (χ3v) is 1.23. The van der Waals surface area contributed by atoms with Crippen molar-refractivity contribution >= 4 is 0 Å². The molecule has 1 fully saturated rings. The molecule has 2 atom stereocenters. The van der Waals surface area contributed by atoms with Gasteiger partial charge in [-0.2, -0.15) is 0 Å². The molecule has 2 N–H and O–H groups in total. The molecular formula is C4H9NO. The first-order chi connectivity index (χ1) is 2.80. The highest BCUT2D eigenvalue weighted by Crippen LogP contribution is 1.99. The van der Waals surface area contributed by atoms with E-state index in [2.05, 4.69) is 5.32 Å². The molecular weight excluding hydrogens is 78.0 g/mol. The Morgan fingerprint density at radius 2 is 2.33 bits per heavy atom. The van der Waals surface area contributed by atoms with E-state index in [-0.39, 0.29) is 6.10 Å². The van der Waals surface area contributed by atoms with Crippen molar-refractivity contribution in [1.29, 1.82) is 0 Å². The van der Waals surface area contributed by atoms with Crippen LogP contribution < -0.4 is 5.32 Å². The number of rotatable bonds is 0. The first-order valence-corrected chi connectivity index (χ1v) is 2.22. The highest BCUT2D eigenvalue weighted by atomic mass is 16.3. The van der Waals surface area contributed by atoms with Crippen LogP contribution in [0.1, 0.15) is 6.92 Å². The van der Waals surface area contributed by atoms with E-state index in [1.54, 1.807) is 0 Å². The number of aliphatic hydroxyl groups is 1. The van der Waals surface area contributed by atoms with E-state index in [1.807, 2.05) is 6.92 Å². The quantitative estimate of drug-likeness (QED) is 0.411. The van der Waals surface area contributed by atoms with Crippen LogP contribution in [0.5, 0.6) is 0 Å². The fourth-order valence-corrected chi connectivity index (χ4v) is 0.459. The van der Waals surface area contributed by atoms with Crippen molar-refractivity contribution in [3.05, 3.63) is 0 Å². The van der Waals surface area contributed by atoms with Crippen molar-refractivity contribution in [3.63, 3.8) is 0 Å². The molecule has 0 unspecified atom stereocenters. The van der Waals surface area contributed by atoms with Gasteiger partial charge in [0.1, 0.15) is 0 Å². The highest BCUT2D eigenvalue weighted by Gasteiger charge is 2.21. The summed E-state index contributed by atoms with van der Waals surface area (Å²) in [5.74, 6) is 0. The van der Waals surface area contributed by atoms with Crippen molar-refractivity contribution in [2.24, 2.45) is 0 Å². The van der Waals surface area contributed by atoms with Gasteiger partial charge in [0.15, 0.2) is 0 Å². The normalized spacial score (nSPS) is 45.0. The SMILES string of the molecule is C[C@H]1NC[C@@H]1O. The third-order valence-electron chi connectivity index (χ3n) is 1.23. The largest absolute Gasteiger partial charge is 0.390 e. The second-order valence-electron chi connectivity index (χ2n) is 1.76. The average Bonchev–Trinajstić information content (AvgIpc) is 1.61. The zero-order chi connectivity index (χ0) is 4.57. The predicted molar refractivity (Wildman–Crippen MR) is 23.5 cm³/mol. The molecule has 1 aliphatic rings. The Morgan fingerprint density at radius 1 is 1.83 bits per heavy atom. The summed E-state index contributed by atoms with van der Waals surface area (Å²) in [6.45, 7) is 2.75. The lowest BCUT2D eigenvalue weighted by molar-refractivity contribution is 0.0704. The van der Waals surface area contributed by atoms with Crippen molar-refractivity contribution in [3.8, 4) is 0 Å². The molecule has 0 aliphatic carbocycles. The molecule has 2 heteroatoms. The van der Waals surface area contributed by atoms with Crippen molar-refractivity contribution in [2.45, 2.75) is 19.1 Å². The van der Waals surface area contributed by atoms with Crippen LogP contribution in [-0.4, -0.2) is 23.8 Å². The van der Waals surface area contributed by atoms with Gasteiger partial charge in [-0.25, -0.2) is 0 Å². The van der Waals surface area contributed by atoms with E-state index in [0.717, 1.165) is 6.54 Å². The Balaban J connectivity index is 2.20. The zero-order valence-electron chi connectivity index (χ0n) is 3.81. The predicted octanol–water partition coefficient (Wildman–Crippen LogP) is -0.661. The van der Waals surface area contributed by atoms with Crippen LogP contribution in [0.4, 0.5) is 0 Å². The molecule has 0 aromatic rings. The first-order valence-electron chi connectivity index (χ1n) is 2.22. The molecule has 1 heterocycles. The zero-order valence-corrected chi connectivity index (χ0v) is 3.81. The van der Waals surface area contributed by atoms with Crippen molar-refractivity contribution in [1.82, 2.24) is 5.32 Å². The Kier molecular flexibility index (Phi) is 0.821. The molecule has 6 heavy (non-hydrogen) atoms. The summed E-state index contributed by atoms with van der Waals surface area (Å²) in [6, 6.07) is 0.338. The van der Waals surface area contributed by atoms with Gasteiger partial charge in [0.25, 0.3) is 0 Å². The molecule has 0 bridgehead atoms. The lowest BCUT2D eigenvalue weighted by Gasteiger charge is -2.30. The lowest BCUT2D eigenvalue weighted by atomic mass is 10.1. The Bertz CT molecular complexity index is 47.5. The second-order valence-corrected chi connectivity index (χ2v) is 1.76. The van der Waals surface area contributed by atoms with E-state index in [4.69, 9.17) is 5.11 Å². The fourth-order valence-electron chi connectivity index (χ4n) is 0.459. The van der Waals surface area contributed by atoms with Gasteiger partial charge >= 0.3 is 0 Å². The molecule has 1 rings (SSSR count). The van der Waals surface area contributed by atoms with Crippen LogP contribution in [-0.2, 0) is 0 Å². The minimum absolute atomic E-state index is 0.0787. The fraction of sp³-hybridized carbons (Fsp3) is 1.00. The van der Waals surface area contributed by atoms with E-state index < -0.39 is 0 Å². The van der Waals surface area contributed by atoms with Crippen LogP contribution in [0.25, 0.3) is 0 Å². The van der Waals surface area contributed by atoms with E-state index in [0.29, 0.717) is 6.04 Å². The van der Waals surface area contributed by atoms with Crippen LogP contribution >= 0.6 is 0 Å². The van der Waals surface area contributed by atoms with E-state index >= 15 is 0 Å². The molecule has 1 aliphatic heterocycles. The Morgan fingerprint density at radius 3 is 2.33 bits per heavy atom. The van der Waals surface area contributed by atoms with Crippen molar-refractivity contribution in [2.75, 3.05) is 6.54 Å². The first kappa shape index (κ1) is 4.09. The summed E-state index contributed by atoms with van der Waals surface area (Å²) < 4.78 is 0. The van der Waals surface area contributed by atoms with Gasteiger partial charge in [0, 0.05) is 12.6 Å². The minimum atomic E-state index is -0.0787. The van der Waals surface area contributed by atoms with Gasteiger partial charge in [-0.3, -0.25) is 0 Å². The summed E-state index contributed by atoms with van der Waals surface area (Å²) in [5.41, 5.74) is 0. The second kappa shape index (κ2) is 1.21. The van der Waals surface area contributed by atoms with Gasteiger partial charge < -0.3 is 10.4 Å². The molecule has 0 aromatic heterocycles. The van der Waals surface area contributed by atoms with Crippen LogP contribution in [0, 0.1) is 0 Å².